The Balaban J connectivity index is 2.28. The Bertz CT molecular complexity index is 486. The molecule has 1 aromatic rings. The van der Waals surface area contributed by atoms with Crippen molar-refractivity contribution in [2.45, 2.75) is 38.6 Å². The summed E-state index contributed by atoms with van der Waals surface area (Å²) in [7, 11) is 0. The third-order valence-electron chi connectivity index (χ3n) is 3.89. The lowest BCUT2D eigenvalue weighted by Crippen LogP contribution is -2.45. The van der Waals surface area contributed by atoms with Crippen LogP contribution in [0.3, 0.4) is 0 Å². The molecule has 2 rings (SSSR count). The predicted molar refractivity (Wildman–Crippen MR) is 89.0 cm³/mol. The van der Waals surface area contributed by atoms with Gasteiger partial charge in [-0.2, -0.15) is 0 Å². The highest BCUT2D eigenvalue weighted by Crippen LogP contribution is 2.26. The number of hydrogen-bond acceptors (Lipinski definition) is 1. The van der Waals surface area contributed by atoms with E-state index >= 15 is 0 Å². The van der Waals surface area contributed by atoms with E-state index < -0.39 is 0 Å². The standard InChI is InChI=1S/C17H23ClN2O/c1-3-5-12-19-13-6-7-15(4-2)20(17(19)21)16-10-8-14(18)9-11-16/h4,8-11,15H,2-3,5-7,12-13H2,1H3. The van der Waals surface area contributed by atoms with Crippen molar-refractivity contribution in [2.24, 2.45) is 0 Å². The summed E-state index contributed by atoms with van der Waals surface area (Å²) in [6.45, 7) is 7.70. The van der Waals surface area contributed by atoms with Gasteiger partial charge in [-0.1, -0.05) is 31.0 Å². The van der Waals surface area contributed by atoms with Crippen LogP contribution < -0.4 is 4.90 Å². The van der Waals surface area contributed by atoms with Gasteiger partial charge < -0.3 is 4.90 Å². The lowest BCUT2D eigenvalue weighted by Gasteiger charge is -2.31. The van der Waals surface area contributed by atoms with Gasteiger partial charge in [-0.15, -0.1) is 6.58 Å². The summed E-state index contributed by atoms with van der Waals surface area (Å²) in [6, 6.07) is 7.58. The van der Waals surface area contributed by atoms with E-state index in [0.717, 1.165) is 44.5 Å². The lowest BCUT2D eigenvalue weighted by atomic mass is 10.1. The molecule has 1 aliphatic heterocycles. The Morgan fingerprint density at radius 1 is 1.38 bits per heavy atom. The topological polar surface area (TPSA) is 23.6 Å². The fraction of sp³-hybridized carbons (Fsp3) is 0.471. The highest BCUT2D eigenvalue weighted by molar-refractivity contribution is 6.30. The third kappa shape index (κ3) is 3.79. The molecule has 0 bridgehead atoms. The molecule has 1 heterocycles. The molecular formula is C17H23ClN2O. The van der Waals surface area contributed by atoms with Gasteiger partial charge >= 0.3 is 6.03 Å². The van der Waals surface area contributed by atoms with Crippen LogP contribution in [0.2, 0.25) is 5.02 Å². The lowest BCUT2D eigenvalue weighted by molar-refractivity contribution is 0.207. The highest BCUT2D eigenvalue weighted by Gasteiger charge is 2.30. The van der Waals surface area contributed by atoms with Crippen LogP contribution >= 0.6 is 11.6 Å². The van der Waals surface area contributed by atoms with Crippen molar-refractivity contribution in [1.29, 1.82) is 0 Å². The van der Waals surface area contributed by atoms with Gasteiger partial charge in [-0.05, 0) is 43.5 Å². The maximum absolute atomic E-state index is 12.9. The monoisotopic (exact) mass is 306 g/mol. The van der Waals surface area contributed by atoms with E-state index in [2.05, 4.69) is 13.5 Å². The molecule has 0 aromatic heterocycles. The molecule has 1 aliphatic rings. The molecule has 1 unspecified atom stereocenters. The van der Waals surface area contributed by atoms with Gasteiger partial charge in [-0.3, -0.25) is 4.90 Å². The van der Waals surface area contributed by atoms with Gasteiger partial charge in [-0.25, -0.2) is 4.79 Å². The number of carbonyl (C=O) groups is 1. The van der Waals surface area contributed by atoms with E-state index in [0.29, 0.717) is 5.02 Å². The number of anilines is 1. The number of benzene rings is 1. The minimum absolute atomic E-state index is 0.0466. The smallest absolute Gasteiger partial charge is 0.324 e. The maximum atomic E-state index is 12.9. The maximum Gasteiger partial charge on any atom is 0.325 e. The van der Waals surface area contributed by atoms with E-state index in [-0.39, 0.29) is 12.1 Å². The first kappa shape index (κ1) is 15.9. The van der Waals surface area contributed by atoms with Crippen LogP contribution in [-0.4, -0.2) is 30.1 Å². The molecule has 0 N–H and O–H groups in total. The molecular weight excluding hydrogens is 284 g/mol. The molecule has 1 saturated heterocycles. The van der Waals surface area contributed by atoms with Crippen molar-refractivity contribution in [3.63, 3.8) is 0 Å². The van der Waals surface area contributed by atoms with Crippen molar-refractivity contribution < 1.29 is 4.79 Å². The molecule has 114 valence electrons. The largest absolute Gasteiger partial charge is 0.325 e. The molecule has 0 radical (unpaired) electrons. The van der Waals surface area contributed by atoms with Crippen LogP contribution in [0.5, 0.6) is 0 Å². The molecule has 21 heavy (non-hydrogen) atoms. The summed E-state index contributed by atoms with van der Waals surface area (Å²) in [5, 5.41) is 0.680. The van der Waals surface area contributed by atoms with Gasteiger partial charge in [0.05, 0.1) is 6.04 Å². The number of urea groups is 1. The van der Waals surface area contributed by atoms with E-state index in [1.54, 1.807) is 0 Å². The van der Waals surface area contributed by atoms with Crippen LogP contribution in [0.25, 0.3) is 0 Å². The van der Waals surface area contributed by atoms with Crippen molar-refractivity contribution in [1.82, 2.24) is 4.90 Å². The molecule has 0 spiro atoms. The SMILES string of the molecule is C=CC1CCCN(CCCC)C(=O)N1c1ccc(Cl)cc1. The quantitative estimate of drug-likeness (QED) is 0.722. The average Bonchev–Trinajstić information content (AvgIpc) is 2.65. The molecule has 0 aliphatic carbocycles. The first-order valence-electron chi connectivity index (χ1n) is 7.63. The molecule has 2 amide bonds. The Morgan fingerprint density at radius 2 is 2.10 bits per heavy atom. The van der Waals surface area contributed by atoms with Crippen molar-refractivity contribution >= 4 is 23.3 Å². The van der Waals surface area contributed by atoms with Crippen LogP contribution in [-0.2, 0) is 0 Å². The fourth-order valence-corrected chi connectivity index (χ4v) is 2.82. The van der Waals surface area contributed by atoms with Crippen LogP contribution in [0.15, 0.2) is 36.9 Å². The second-order valence-electron chi connectivity index (χ2n) is 5.41. The van der Waals surface area contributed by atoms with Gasteiger partial charge in [0.2, 0.25) is 0 Å². The second-order valence-corrected chi connectivity index (χ2v) is 5.85. The van der Waals surface area contributed by atoms with Crippen molar-refractivity contribution in [3.05, 3.63) is 41.9 Å². The summed E-state index contributed by atoms with van der Waals surface area (Å²) in [5.41, 5.74) is 0.887. The van der Waals surface area contributed by atoms with Crippen molar-refractivity contribution in [3.8, 4) is 0 Å². The summed E-state index contributed by atoms with van der Waals surface area (Å²) < 4.78 is 0. The minimum atomic E-state index is 0.0466. The number of amides is 2. The zero-order chi connectivity index (χ0) is 15.2. The first-order chi connectivity index (χ1) is 10.2. The molecule has 1 aromatic carbocycles. The molecule has 3 nitrogen and oxygen atoms in total. The number of carbonyl (C=O) groups excluding carboxylic acids is 1. The summed E-state index contributed by atoms with van der Waals surface area (Å²) in [4.78, 5) is 16.7. The van der Waals surface area contributed by atoms with E-state index in [4.69, 9.17) is 11.6 Å². The van der Waals surface area contributed by atoms with Gasteiger partial charge in [0.15, 0.2) is 0 Å². The van der Waals surface area contributed by atoms with Crippen LogP contribution in [0.1, 0.15) is 32.6 Å². The fourth-order valence-electron chi connectivity index (χ4n) is 2.69. The van der Waals surface area contributed by atoms with Gasteiger partial charge in [0.1, 0.15) is 0 Å². The van der Waals surface area contributed by atoms with E-state index in [1.807, 2.05) is 40.1 Å². The number of halogens is 1. The predicted octanol–water partition coefficient (Wildman–Crippen LogP) is 4.72. The summed E-state index contributed by atoms with van der Waals surface area (Å²) in [5.74, 6) is 0. The molecule has 0 saturated carbocycles. The number of nitrogens with zero attached hydrogens (tertiary/aromatic N) is 2. The Morgan fingerprint density at radius 3 is 2.71 bits per heavy atom. The zero-order valence-corrected chi connectivity index (χ0v) is 13.4. The molecule has 1 atom stereocenters. The van der Waals surface area contributed by atoms with Crippen molar-refractivity contribution in [2.75, 3.05) is 18.0 Å². The number of hydrogen-bond donors (Lipinski definition) is 0. The summed E-state index contributed by atoms with van der Waals surface area (Å²) >= 11 is 5.95. The van der Waals surface area contributed by atoms with Gasteiger partial charge in [0, 0.05) is 23.8 Å². The molecule has 1 fully saturated rings. The summed E-state index contributed by atoms with van der Waals surface area (Å²) in [6.07, 6.45) is 5.96. The third-order valence-corrected chi connectivity index (χ3v) is 4.15. The normalized spacial score (nSPS) is 19.5. The number of rotatable bonds is 5. The Kier molecular flexibility index (Phi) is 5.68. The highest BCUT2D eigenvalue weighted by atomic mass is 35.5. The second kappa shape index (κ2) is 7.51. The van der Waals surface area contributed by atoms with E-state index in [1.165, 1.54) is 0 Å². The molecule has 4 heteroatoms. The zero-order valence-electron chi connectivity index (χ0n) is 12.6. The number of unbranched alkanes of at least 4 members (excludes halogenated alkanes) is 1. The first-order valence-corrected chi connectivity index (χ1v) is 8.01. The average molecular weight is 307 g/mol. The van der Waals surface area contributed by atoms with Crippen LogP contribution in [0, 0.1) is 0 Å². The van der Waals surface area contributed by atoms with Crippen LogP contribution in [0.4, 0.5) is 10.5 Å². The minimum Gasteiger partial charge on any atom is -0.324 e. The van der Waals surface area contributed by atoms with Gasteiger partial charge in [0.25, 0.3) is 0 Å². The Labute approximate surface area is 132 Å². The van der Waals surface area contributed by atoms with E-state index in [9.17, 15) is 4.79 Å². The Hall–Kier alpha value is -1.48.